The summed E-state index contributed by atoms with van der Waals surface area (Å²) in [7, 11) is 0. The van der Waals surface area contributed by atoms with Gasteiger partial charge in [0, 0.05) is 11.6 Å². The minimum absolute atomic E-state index is 0.822. The zero-order chi connectivity index (χ0) is 10.3. The molecule has 2 aromatic rings. The predicted molar refractivity (Wildman–Crippen MR) is 59.6 cm³/mol. The van der Waals surface area contributed by atoms with Crippen LogP contribution in [0.15, 0.2) is 6.20 Å². The standard InChI is InChI=1S/C10H16N4/c1-3-6-5-13-10-8(6)9(11)7(4-2)14(10)12/h5,13H,3-4,11-12H2,1-2H3. The summed E-state index contributed by atoms with van der Waals surface area (Å²) in [6, 6.07) is 0. The molecule has 0 aromatic carbocycles. The van der Waals surface area contributed by atoms with Crippen LogP contribution in [-0.4, -0.2) is 9.66 Å². The highest BCUT2D eigenvalue weighted by Gasteiger charge is 2.15. The summed E-state index contributed by atoms with van der Waals surface area (Å²) >= 11 is 0. The molecule has 0 atom stereocenters. The number of hydrogen-bond acceptors (Lipinski definition) is 2. The lowest BCUT2D eigenvalue weighted by atomic mass is 10.1. The Morgan fingerprint density at radius 1 is 1.36 bits per heavy atom. The molecule has 0 fully saturated rings. The molecule has 2 heterocycles. The normalized spacial score (nSPS) is 11.3. The molecule has 0 radical (unpaired) electrons. The molecule has 0 spiro atoms. The predicted octanol–water partition coefficient (Wildman–Crippen LogP) is 1.39. The number of fused-ring (bicyclic) bond motifs is 1. The molecule has 5 N–H and O–H groups in total. The van der Waals surface area contributed by atoms with Gasteiger partial charge in [-0.15, -0.1) is 0 Å². The van der Waals surface area contributed by atoms with Gasteiger partial charge in [0.2, 0.25) is 0 Å². The first-order valence-corrected chi connectivity index (χ1v) is 4.94. The molecule has 14 heavy (non-hydrogen) atoms. The Labute approximate surface area is 82.9 Å². The molecule has 0 aliphatic carbocycles. The van der Waals surface area contributed by atoms with E-state index in [0.717, 1.165) is 35.3 Å². The lowest BCUT2D eigenvalue weighted by molar-refractivity contribution is 0.915. The molecule has 0 unspecified atom stereocenters. The zero-order valence-corrected chi connectivity index (χ0v) is 8.59. The number of nitrogens with one attached hydrogen (secondary N) is 1. The van der Waals surface area contributed by atoms with Crippen LogP contribution in [0.25, 0.3) is 11.0 Å². The molecule has 0 aliphatic rings. The maximum Gasteiger partial charge on any atom is 0.138 e. The maximum absolute atomic E-state index is 6.05. The summed E-state index contributed by atoms with van der Waals surface area (Å²) < 4.78 is 1.66. The fourth-order valence-electron chi connectivity index (χ4n) is 1.99. The highest BCUT2D eigenvalue weighted by atomic mass is 15.3. The molecule has 76 valence electrons. The first-order chi connectivity index (χ1) is 6.70. The second-order valence-electron chi connectivity index (χ2n) is 3.47. The Hall–Kier alpha value is -1.58. The van der Waals surface area contributed by atoms with E-state index >= 15 is 0 Å². The fraction of sp³-hybridized carbons (Fsp3) is 0.400. The Kier molecular flexibility index (Phi) is 1.91. The lowest BCUT2D eigenvalue weighted by Crippen LogP contribution is -2.12. The van der Waals surface area contributed by atoms with Gasteiger partial charge in [0.1, 0.15) is 5.65 Å². The molecule has 2 rings (SSSR count). The van der Waals surface area contributed by atoms with E-state index in [1.165, 1.54) is 5.56 Å². The zero-order valence-electron chi connectivity index (χ0n) is 8.59. The number of hydrogen-bond donors (Lipinski definition) is 3. The van der Waals surface area contributed by atoms with Crippen molar-refractivity contribution in [2.75, 3.05) is 11.6 Å². The number of rotatable bonds is 2. The van der Waals surface area contributed by atoms with Crippen molar-refractivity contribution in [3.8, 4) is 0 Å². The van der Waals surface area contributed by atoms with E-state index in [0.29, 0.717) is 0 Å². The van der Waals surface area contributed by atoms with Gasteiger partial charge in [-0.05, 0) is 18.4 Å². The molecule has 0 bridgehead atoms. The molecule has 0 aliphatic heterocycles. The van der Waals surface area contributed by atoms with Gasteiger partial charge in [-0.25, -0.2) is 4.68 Å². The van der Waals surface area contributed by atoms with E-state index in [-0.39, 0.29) is 0 Å². The van der Waals surface area contributed by atoms with Crippen molar-refractivity contribution in [3.63, 3.8) is 0 Å². The van der Waals surface area contributed by atoms with E-state index in [1.807, 2.05) is 6.20 Å². The minimum atomic E-state index is 0.822. The average Bonchev–Trinajstić information content (AvgIpc) is 2.69. The summed E-state index contributed by atoms with van der Waals surface area (Å²) in [4.78, 5) is 3.16. The monoisotopic (exact) mass is 192 g/mol. The van der Waals surface area contributed by atoms with Crippen LogP contribution >= 0.6 is 0 Å². The summed E-state index contributed by atoms with van der Waals surface area (Å²) in [5, 5.41) is 1.09. The first kappa shape index (κ1) is 8.99. The molecular formula is C10H16N4. The summed E-state index contributed by atoms with van der Waals surface area (Å²) in [5.74, 6) is 5.92. The van der Waals surface area contributed by atoms with Crippen LogP contribution in [0.5, 0.6) is 0 Å². The van der Waals surface area contributed by atoms with Gasteiger partial charge >= 0.3 is 0 Å². The van der Waals surface area contributed by atoms with E-state index in [1.54, 1.807) is 4.68 Å². The molecule has 2 aromatic heterocycles. The molecule has 4 nitrogen and oxygen atoms in total. The average molecular weight is 192 g/mol. The smallest absolute Gasteiger partial charge is 0.138 e. The highest BCUT2D eigenvalue weighted by Crippen LogP contribution is 2.29. The van der Waals surface area contributed by atoms with E-state index < -0.39 is 0 Å². The molecule has 0 saturated carbocycles. The van der Waals surface area contributed by atoms with E-state index in [4.69, 9.17) is 11.6 Å². The Morgan fingerprint density at radius 2 is 2.07 bits per heavy atom. The van der Waals surface area contributed by atoms with Crippen molar-refractivity contribution < 1.29 is 0 Å². The van der Waals surface area contributed by atoms with Crippen LogP contribution in [0, 0.1) is 0 Å². The van der Waals surface area contributed by atoms with Gasteiger partial charge in [0.15, 0.2) is 0 Å². The third kappa shape index (κ3) is 0.937. The van der Waals surface area contributed by atoms with Crippen LogP contribution in [0.4, 0.5) is 5.69 Å². The number of aryl methyl sites for hydroxylation is 1. The Morgan fingerprint density at radius 3 is 2.64 bits per heavy atom. The number of nitrogens with zero attached hydrogens (tertiary/aromatic N) is 1. The maximum atomic E-state index is 6.05. The third-order valence-corrected chi connectivity index (χ3v) is 2.77. The molecule has 0 amide bonds. The highest BCUT2D eigenvalue weighted by molar-refractivity contribution is 5.95. The van der Waals surface area contributed by atoms with Crippen molar-refractivity contribution >= 4 is 16.7 Å². The molecule has 4 heteroatoms. The van der Waals surface area contributed by atoms with E-state index in [9.17, 15) is 0 Å². The van der Waals surface area contributed by atoms with Crippen molar-refractivity contribution in [2.24, 2.45) is 0 Å². The number of nitrogen functional groups attached to an aromatic ring is 2. The third-order valence-electron chi connectivity index (χ3n) is 2.77. The largest absolute Gasteiger partial charge is 0.397 e. The lowest BCUT2D eigenvalue weighted by Gasteiger charge is -2.00. The van der Waals surface area contributed by atoms with Crippen molar-refractivity contribution in [1.29, 1.82) is 0 Å². The van der Waals surface area contributed by atoms with Crippen molar-refractivity contribution in [3.05, 3.63) is 17.5 Å². The molecule has 0 saturated heterocycles. The Bertz CT molecular complexity index is 464. The summed E-state index contributed by atoms with van der Waals surface area (Å²) in [5.41, 5.74) is 10.0. The summed E-state index contributed by atoms with van der Waals surface area (Å²) in [6.07, 6.45) is 3.80. The van der Waals surface area contributed by atoms with Crippen molar-refractivity contribution in [2.45, 2.75) is 26.7 Å². The number of nitrogens with two attached hydrogens (primary N) is 2. The van der Waals surface area contributed by atoms with Crippen LogP contribution in [0.2, 0.25) is 0 Å². The van der Waals surface area contributed by atoms with Crippen LogP contribution in [0.3, 0.4) is 0 Å². The fourth-order valence-corrected chi connectivity index (χ4v) is 1.99. The van der Waals surface area contributed by atoms with Gasteiger partial charge in [0.05, 0.1) is 11.4 Å². The van der Waals surface area contributed by atoms with E-state index in [2.05, 4.69) is 18.8 Å². The van der Waals surface area contributed by atoms with Gasteiger partial charge in [0.25, 0.3) is 0 Å². The van der Waals surface area contributed by atoms with Gasteiger partial charge in [-0.2, -0.15) is 0 Å². The number of aromatic nitrogens is 2. The van der Waals surface area contributed by atoms with Gasteiger partial charge in [-0.3, -0.25) is 0 Å². The number of anilines is 1. The number of aromatic amines is 1. The van der Waals surface area contributed by atoms with Gasteiger partial charge < -0.3 is 16.6 Å². The molecular weight excluding hydrogens is 176 g/mol. The quantitative estimate of drug-likeness (QED) is 0.629. The van der Waals surface area contributed by atoms with Crippen LogP contribution < -0.4 is 11.6 Å². The van der Waals surface area contributed by atoms with Crippen molar-refractivity contribution in [1.82, 2.24) is 9.66 Å². The Balaban J connectivity index is 2.82. The van der Waals surface area contributed by atoms with Crippen LogP contribution in [-0.2, 0) is 12.8 Å². The SMILES string of the molecule is CCc1c[nH]c2c1c(N)c(CC)n2N. The van der Waals surface area contributed by atoms with Crippen LogP contribution in [0.1, 0.15) is 25.1 Å². The minimum Gasteiger partial charge on any atom is -0.397 e. The second-order valence-corrected chi connectivity index (χ2v) is 3.47. The topological polar surface area (TPSA) is 72.8 Å². The first-order valence-electron chi connectivity index (χ1n) is 4.94. The number of H-pyrrole nitrogens is 1. The van der Waals surface area contributed by atoms with Gasteiger partial charge in [-0.1, -0.05) is 13.8 Å². The summed E-state index contributed by atoms with van der Waals surface area (Å²) in [6.45, 7) is 4.17. The second kappa shape index (κ2) is 2.97.